The zero-order chi connectivity index (χ0) is 18.3. The highest BCUT2D eigenvalue weighted by Gasteiger charge is 2.12. The van der Waals surface area contributed by atoms with Gasteiger partial charge in [-0.05, 0) is 75.3 Å². The van der Waals surface area contributed by atoms with E-state index in [1.54, 1.807) is 11.8 Å². The fourth-order valence-corrected chi connectivity index (χ4v) is 3.86. The lowest BCUT2D eigenvalue weighted by Gasteiger charge is -2.17. The molecule has 1 fully saturated rings. The van der Waals surface area contributed by atoms with Gasteiger partial charge in [-0.15, -0.1) is 0 Å². The summed E-state index contributed by atoms with van der Waals surface area (Å²) in [5.41, 5.74) is 3.90. The van der Waals surface area contributed by atoms with Gasteiger partial charge in [-0.3, -0.25) is 0 Å². The fraction of sp³-hybridized carbons (Fsp3) is 0.455. The van der Waals surface area contributed by atoms with Crippen LogP contribution in [0.3, 0.4) is 0 Å². The van der Waals surface area contributed by atoms with Gasteiger partial charge < -0.3 is 15.5 Å². The number of benzene rings is 1. The van der Waals surface area contributed by atoms with Crippen molar-refractivity contribution in [2.75, 3.05) is 35.2 Å². The van der Waals surface area contributed by atoms with E-state index in [4.69, 9.17) is 0 Å². The lowest BCUT2D eigenvalue weighted by Crippen LogP contribution is -2.17. The van der Waals surface area contributed by atoms with Crippen LogP contribution in [-0.2, 0) is 0 Å². The van der Waals surface area contributed by atoms with Crippen LogP contribution in [0.2, 0.25) is 0 Å². The Morgan fingerprint density at radius 3 is 2.59 bits per heavy atom. The monoisotopic (exact) mass is 363 g/mol. The van der Waals surface area contributed by atoms with E-state index in [1.807, 2.05) is 6.07 Å². The zero-order valence-corrected chi connectivity index (χ0v) is 16.0. The van der Waals surface area contributed by atoms with E-state index in [1.165, 1.54) is 57.3 Å². The summed E-state index contributed by atoms with van der Waals surface area (Å²) < 4.78 is 0. The number of allylic oxidation sites excluding steroid dienone is 1. The summed E-state index contributed by atoms with van der Waals surface area (Å²) >= 11 is 0. The number of nitrogens with zero attached hydrogens (tertiary/aromatic N) is 3. The zero-order valence-electron chi connectivity index (χ0n) is 16.0. The van der Waals surface area contributed by atoms with Crippen molar-refractivity contribution >= 4 is 23.1 Å². The van der Waals surface area contributed by atoms with Crippen molar-refractivity contribution in [3.05, 3.63) is 48.2 Å². The molecule has 0 spiro atoms. The van der Waals surface area contributed by atoms with Crippen molar-refractivity contribution in [3.8, 4) is 0 Å². The Morgan fingerprint density at radius 2 is 1.81 bits per heavy atom. The molecule has 0 bridgehead atoms. The molecule has 4 rings (SSSR count). The van der Waals surface area contributed by atoms with E-state index < -0.39 is 0 Å². The van der Waals surface area contributed by atoms with Gasteiger partial charge >= 0.3 is 0 Å². The molecule has 0 amide bonds. The summed E-state index contributed by atoms with van der Waals surface area (Å²) in [7, 11) is 0. The van der Waals surface area contributed by atoms with E-state index in [2.05, 4.69) is 55.8 Å². The van der Waals surface area contributed by atoms with Gasteiger partial charge in [0.2, 0.25) is 5.95 Å². The van der Waals surface area contributed by atoms with Gasteiger partial charge in [0.25, 0.3) is 0 Å². The first-order valence-corrected chi connectivity index (χ1v) is 10.2. The van der Waals surface area contributed by atoms with E-state index in [0.29, 0.717) is 5.95 Å². The van der Waals surface area contributed by atoms with Crippen LogP contribution in [0.4, 0.5) is 23.1 Å². The molecule has 5 nitrogen and oxygen atoms in total. The van der Waals surface area contributed by atoms with E-state index in [-0.39, 0.29) is 0 Å². The molecule has 5 heteroatoms. The molecule has 1 aliphatic heterocycles. The van der Waals surface area contributed by atoms with Crippen molar-refractivity contribution in [3.63, 3.8) is 0 Å². The molecule has 1 saturated heterocycles. The van der Waals surface area contributed by atoms with Crippen LogP contribution >= 0.6 is 0 Å². The summed E-state index contributed by atoms with van der Waals surface area (Å²) in [4.78, 5) is 11.4. The van der Waals surface area contributed by atoms with Crippen molar-refractivity contribution < 1.29 is 0 Å². The Balaban J connectivity index is 1.31. The first-order chi connectivity index (χ1) is 13.4. The number of hydrogen-bond donors (Lipinski definition) is 2. The second-order valence-electron chi connectivity index (χ2n) is 7.42. The first-order valence-electron chi connectivity index (χ1n) is 10.2. The van der Waals surface area contributed by atoms with Gasteiger partial charge in [-0.2, -0.15) is 4.98 Å². The maximum absolute atomic E-state index is 4.59. The third-order valence-electron chi connectivity index (χ3n) is 5.39. The molecule has 2 heterocycles. The minimum absolute atomic E-state index is 0.630. The van der Waals surface area contributed by atoms with Crippen molar-refractivity contribution in [2.24, 2.45) is 0 Å². The fourth-order valence-electron chi connectivity index (χ4n) is 3.86. The molecule has 1 aromatic carbocycles. The van der Waals surface area contributed by atoms with Crippen LogP contribution < -0.4 is 15.5 Å². The average molecular weight is 364 g/mol. The second-order valence-corrected chi connectivity index (χ2v) is 7.42. The van der Waals surface area contributed by atoms with E-state index in [9.17, 15) is 0 Å². The molecule has 1 aromatic heterocycles. The SMILES string of the molecule is C1=C(CCNc2ccnc(Nc3ccc(N4CCCC4)cc3)n2)CCCC1. The van der Waals surface area contributed by atoms with Crippen LogP contribution in [0.15, 0.2) is 48.2 Å². The molecule has 0 saturated carbocycles. The van der Waals surface area contributed by atoms with Crippen LogP contribution in [0, 0.1) is 0 Å². The van der Waals surface area contributed by atoms with Crippen molar-refractivity contribution in [2.45, 2.75) is 44.9 Å². The molecule has 0 unspecified atom stereocenters. The van der Waals surface area contributed by atoms with Crippen LogP contribution in [0.25, 0.3) is 0 Å². The summed E-state index contributed by atoms with van der Waals surface area (Å²) in [6, 6.07) is 10.5. The average Bonchev–Trinajstić information content (AvgIpc) is 3.25. The summed E-state index contributed by atoms with van der Waals surface area (Å²) in [6.07, 6.45) is 13.1. The number of hydrogen-bond acceptors (Lipinski definition) is 5. The van der Waals surface area contributed by atoms with Gasteiger partial charge in [0.1, 0.15) is 5.82 Å². The maximum atomic E-state index is 4.59. The normalized spacial score (nSPS) is 16.9. The Hall–Kier alpha value is -2.56. The molecular formula is C22H29N5. The Morgan fingerprint density at radius 1 is 0.963 bits per heavy atom. The Bertz CT molecular complexity index is 763. The highest BCUT2D eigenvalue weighted by Crippen LogP contribution is 2.23. The first kappa shape index (κ1) is 17.8. The second kappa shape index (κ2) is 8.89. The number of aromatic nitrogens is 2. The molecule has 27 heavy (non-hydrogen) atoms. The number of rotatable bonds is 7. The van der Waals surface area contributed by atoms with E-state index in [0.717, 1.165) is 24.5 Å². The quantitative estimate of drug-likeness (QED) is 0.669. The minimum Gasteiger partial charge on any atom is -0.372 e. The molecule has 2 aliphatic rings. The minimum atomic E-state index is 0.630. The standard InChI is InChI=1S/C22H29N5/c1-2-6-18(7-3-1)12-14-23-21-13-15-24-22(26-21)25-19-8-10-20(11-9-19)27-16-4-5-17-27/h6,8-11,13,15H,1-5,7,12,14,16-17H2,(H2,23,24,25,26). The maximum Gasteiger partial charge on any atom is 0.229 e. The third-order valence-corrected chi connectivity index (χ3v) is 5.39. The molecule has 142 valence electrons. The summed E-state index contributed by atoms with van der Waals surface area (Å²) in [5.74, 6) is 1.50. The summed E-state index contributed by atoms with van der Waals surface area (Å²) in [5, 5.41) is 6.74. The van der Waals surface area contributed by atoms with Gasteiger partial charge in [-0.1, -0.05) is 11.6 Å². The van der Waals surface area contributed by atoms with Gasteiger partial charge in [0.05, 0.1) is 0 Å². The van der Waals surface area contributed by atoms with Crippen LogP contribution in [-0.4, -0.2) is 29.6 Å². The Kier molecular flexibility index (Phi) is 5.87. The van der Waals surface area contributed by atoms with Crippen molar-refractivity contribution in [1.29, 1.82) is 0 Å². The number of anilines is 4. The molecule has 2 N–H and O–H groups in total. The van der Waals surface area contributed by atoms with Crippen molar-refractivity contribution in [1.82, 2.24) is 9.97 Å². The van der Waals surface area contributed by atoms with E-state index >= 15 is 0 Å². The van der Waals surface area contributed by atoms with Gasteiger partial charge in [0.15, 0.2) is 0 Å². The smallest absolute Gasteiger partial charge is 0.229 e. The van der Waals surface area contributed by atoms with Gasteiger partial charge in [0, 0.05) is 37.2 Å². The van der Waals surface area contributed by atoms with Crippen LogP contribution in [0.1, 0.15) is 44.9 Å². The molecule has 1 aliphatic carbocycles. The highest BCUT2D eigenvalue weighted by molar-refractivity contribution is 5.60. The number of nitrogens with one attached hydrogen (secondary N) is 2. The predicted octanol–water partition coefficient (Wildman–Crippen LogP) is 5.12. The van der Waals surface area contributed by atoms with Gasteiger partial charge in [-0.25, -0.2) is 4.98 Å². The van der Waals surface area contributed by atoms with Crippen LogP contribution in [0.5, 0.6) is 0 Å². The Labute approximate surface area is 161 Å². The third kappa shape index (κ3) is 5.00. The summed E-state index contributed by atoms with van der Waals surface area (Å²) in [6.45, 7) is 3.26. The lowest BCUT2D eigenvalue weighted by molar-refractivity contribution is 0.679. The topological polar surface area (TPSA) is 53.1 Å². The molecule has 2 aromatic rings. The molecule has 0 atom stereocenters. The lowest BCUT2D eigenvalue weighted by atomic mass is 9.97. The highest BCUT2D eigenvalue weighted by atomic mass is 15.2. The largest absolute Gasteiger partial charge is 0.372 e. The molecule has 0 radical (unpaired) electrons. The molecular weight excluding hydrogens is 334 g/mol. The predicted molar refractivity (Wildman–Crippen MR) is 113 cm³/mol.